The molecule has 1 heterocycles. The Hall–Kier alpha value is -1.00. The van der Waals surface area contributed by atoms with Crippen LogP contribution in [-0.2, 0) is 26.0 Å². The molecule has 8 nitrogen and oxygen atoms in total. The normalized spacial score (nSPS) is 15.5. The SMILES string of the molecule is COCCOCCNS(=O)(=O)c1[nH]ncc1CNC1CC1. The van der Waals surface area contributed by atoms with Gasteiger partial charge in [0.05, 0.1) is 26.0 Å². The van der Waals surface area contributed by atoms with Crippen molar-refractivity contribution in [3.63, 3.8) is 0 Å². The van der Waals surface area contributed by atoms with Gasteiger partial charge in [-0.05, 0) is 12.8 Å². The van der Waals surface area contributed by atoms with Crippen LogP contribution in [0.25, 0.3) is 0 Å². The largest absolute Gasteiger partial charge is 0.382 e. The minimum Gasteiger partial charge on any atom is -0.382 e. The summed E-state index contributed by atoms with van der Waals surface area (Å²) < 4.78 is 36.9. The quantitative estimate of drug-likeness (QED) is 0.480. The molecule has 1 aliphatic rings. The number of hydrogen-bond donors (Lipinski definition) is 3. The number of hydrogen-bond acceptors (Lipinski definition) is 6. The average molecular weight is 318 g/mol. The smallest absolute Gasteiger partial charge is 0.257 e. The van der Waals surface area contributed by atoms with E-state index < -0.39 is 10.0 Å². The molecule has 3 N–H and O–H groups in total. The molecule has 0 atom stereocenters. The predicted octanol–water partition coefficient (Wildman–Crippen LogP) is -0.397. The second kappa shape index (κ2) is 7.85. The second-order valence-electron chi connectivity index (χ2n) is 4.88. The number of ether oxygens (including phenoxy) is 2. The van der Waals surface area contributed by atoms with Crippen molar-refractivity contribution in [1.29, 1.82) is 0 Å². The summed E-state index contributed by atoms with van der Waals surface area (Å²) in [6.45, 7) is 1.94. The lowest BCUT2D eigenvalue weighted by Crippen LogP contribution is -2.29. The van der Waals surface area contributed by atoms with Crippen LogP contribution in [0.1, 0.15) is 18.4 Å². The fourth-order valence-electron chi connectivity index (χ4n) is 1.76. The number of aromatic nitrogens is 2. The minimum atomic E-state index is -3.59. The van der Waals surface area contributed by atoms with Crippen LogP contribution >= 0.6 is 0 Å². The number of aromatic amines is 1. The highest BCUT2D eigenvalue weighted by Gasteiger charge is 2.24. The molecule has 0 aliphatic heterocycles. The molecular formula is C12H22N4O4S. The van der Waals surface area contributed by atoms with Crippen molar-refractivity contribution < 1.29 is 17.9 Å². The molecule has 1 saturated carbocycles. The molecule has 21 heavy (non-hydrogen) atoms. The van der Waals surface area contributed by atoms with E-state index in [1.807, 2.05) is 0 Å². The van der Waals surface area contributed by atoms with Gasteiger partial charge < -0.3 is 14.8 Å². The molecule has 1 aromatic heterocycles. The van der Waals surface area contributed by atoms with Crippen LogP contribution in [0.2, 0.25) is 0 Å². The zero-order chi connectivity index (χ0) is 15.1. The summed E-state index contributed by atoms with van der Waals surface area (Å²) in [6, 6.07) is 0.512. The second-order valence-corrected chi connectivity index (χ2v) is 6.59. The summed E-state index contributed by atoms with van der Waals surface area (Å²) in [4.78, 5) is 0. The first-order valence-electron chi connectivity index (χ1n) is 6.95. The molecule has 120 valence electrons. The third-order valence-corrected chi connectivity index (χ3v) is 4.55. The number of sulfonamides is 1. The highest BCUT2D eigenvalue weighted by Crippen LogP contribution is 2.20. The lowest BCUT2D eigenvalue weighted by atomic mass is 10.3. The van der Waals surface area contributed by atoms with Gasteiger partial charge in [-0.2, -0.15) is 5.10 Å². The van der Waals surface area contributed by atoms with Gasteiger partial charge in [0.25, 0.3) is 10.0 Å². The van der Waals surface area contributed by atoms with Gasteiger partial charge in [0.15, 0.2) is 5.03 Å². The fraction of sp³-hybridized carbons (Fsp3) is 0.750. The molecule has 2 rings (SSSR count). The lowest BCUT2D eigenvalue weighted by Gasteiger charge is -2.08. The summed E-state index contributed by atoms with van der Waals surface area (Å²) in [5.74, 6) is 0. The van der Waals surface area contributed by atoms with Gasteiger partial charge in [-0.15, -0.1) is 0 Å². The van der Waals surface area contributed by atoms with Gasteiger partial charge in [-0.3, -0.25) is 5.10 Å². The maximum atomic E-state index is 12.2. The zero-order valence-corrected chi connectivity index (χ0v) is 12.9. The van der Waals surface area contributed by atoms with Gasteiger partial charge in [0, 0.05) is 31.8 Å². The van der Waals surface area contributed by atoms with Crippen LogP contribution in [-0.4, -0.2) is 58.1 Å². The van der Waals surface area contributed by atoms with Crippen LogP contribution < -0.4 is 10.0 Å². The molecule has 1 aromatic rings. The first-order chi connectivity index (χ1) is 10.1. The van der Waals surface area contributed by atoms with Crippen LogP contribution in [0.15, 0.2) is 11.2 Å². The Labute approximate surface area is 124 Å². The van der Waals surface area contributed by atoms with Crippen molar-refractivity contribution in [2.24, 2.45) is 0 Å². The van der Waals surface area contributed by atoms with Crippen molar-refractivity contribution in [3.05, 3.63) is 11.8 Å². The average Bonchev–Trinajstić information content (AvgIpc) is 3.16. The summed E-state index contributed by atoms with van der Waals surface area (Å²) in [5, 5.41) is 9.76. The molecule has 0 amide bonds. The first kappa shape index (κ1) is 16.4. The van der Waals surface area contributed by atoms with Crippen LogP contribution in [0, 0.1) is 0 Å². The van der Waals surface area contributed by atoms with Crippen molar-refractivity contribution in [2.45, 2.75) is 30.5 Å². The van der Waals surface area contributed by atoms with Crippen molar-refractivity contribution in [1.82, 2.24) is 20.2 Å². The standard InChI is InChI=1S/C12H22N4O4S/c1-19-6-7-20-5-4-15-21(17,18)12-10(9-14-16-12)8-13-11-2-3-11/h9,11,13,15H,2-8H2,1H3,(H,14,16). The third-order valence-electron chi connectivity index (χ3n) is 3.08. The number of nitrogens with zero attached hydrogens (tertiary/aromatic N) is 1. The van der Waals surface area contributed by atoms with E-state index in [1.165, 1.54) is 0 Å². The highest BCUT2D eigenvalue weighted by molar-refractivity contribution is 7.89. The Morgan fingerprint density at radius 1 is 1.38 bits per heavy atom. The number of nitrogens with one attached hydrogen (secondary N) is 3. The molecule has 0 saturated heterocycles. The summed E-state index contributed by atoms with van der Waals surface area (Å²) >= 11 is 0. The molecule has 1 fully saturated rings. The Kier molecular flexibility index (Phi) is 6.12. The number of rotatable bonds is 11. The molecule has 0 radical (unpaired) electrons. The number of methoxy groups -OCH3 is 1. The molecule has 0 unspecified atom stereocenters. The molecule has 0 bridgehead atoms. The topological polar surface area (TPSA) is 105 Å². The van der Waals surface area contributed by atoms with E-state index in [-0.39, 0.29) is 11.6 Å². The van der Waals surface area contributed by atoms with Gasteiger partial charge in [-0.1, -0.05) is 0 Å². The highest BCUT2D eigenvalue weighted by atomic mass is 32.2. The van der Waals surface area contributed by atoms with Crippen LogP contribution in [0.5, 0.6) is 0 Å². The molecule has 0 aromatic carbocycles. The van der Waals surface area contributed by atoms with E-state index in [0.717, 1.165) is 12.8 Å². The Balaban J connectivity index is 1.79. The maximum Gasteiger partial charge on any atom is 0.257 e. The summed E-state index contributed by atoms with van der Waals surface area (Å²) in [5.41, 5.74) is 0.648. The van der Waals surface area contributed by atoms with E-state index in [9.17, 15) is 8.42 Å². The minimum absolute atomic E-state index is 0.118. The third kappa shape index (κ3) is 5.36. The van der Waals surface area contributed by atoms with E-state index in [2.05, 4.69) is 20.2 Å². The lowest BCUT2D eigenvalue weighted by molar-refractivity contribution is 0.0736. The van der Waals surface area contributed by atoms with Gasteiger partial charge in [0.1, 0.15) is 0 Å². The monoisotopic (exact) mass is 318 g/mol. The van der Waals surface area contributed by atoms with E-state index in [4.69, 9.17) is 9.47 Å². The fourth-order valence-corrected chi connectivity index (χ4v) is 2.90. The van der Waals surface area contributed by atoms with Crippen molar-refractivity contribution in [3.8, 4) is 0 Å². The number of H-pyrrole nitrogens is 1. The zero-order valence-electron chi connectivity index (χ0n) is 12.1. The predicted molar refractivity (Wildman–Crippen MR) is 76.3 cm³/mol. The molecule has 9 heteroatoms. The molecular weight excluding hydrogens is 296 g/mol. The van der Waals surface area contributed by atoms with Crippen molar-refractivity contribution >= 4 is 10.0 Å². The maximum absolute atomic E-state index is 12.2. The Morgan fingerprint density at radius 3 is 2.90 bits per heavy atom. The van der Waals surface area contributed by atoms with E-state index >= 15 is 0 Å². The Morgan fingerprint density at radius 2 is 2.19 bits per heavy atom. The molecule has 1 aliphatic carbocycles. The molecule has 0 spiro atoms. The van der Waals surface area contributed by atoms with E-state index in [0.29, 0.717) is 38.0 Å². The van der Waals surface area contributed by atoms with Crippen LogP contribution in [0.4, 0.5) is 0 Å². The van der Waals surface area contributed by atoms with Crippen molar-refractivity contribution in [2.75, 3.05) is 33.5 Å². The Bertz CT molecular complexity index is 527. The van der Waals surface area contributed by atoms with E-state index in [1.54, 1.807) is 13.3 Å². The van der Waals surface area contributed by atoms with Gasteiger partial charge >= 0.3 is 0 Å². The summed E-state index contributed by atoms with van der Waals surface area (Å²) in [6.07, 6.45) is 3.84. The van der Waals surface area contributed by atoms with Crippen LogP contribution in [0.3, 0.4) is 0 Å². The summed E-state index contributed by atoms with van der Waals surface area (Å²) in [7, 11) is -2.00. The first-order valence-corrected chi connectivity index (χ1v) is 8.44. The van der Waals surface area contributed by atoms with Gasteiger partial charge in [0.2, 0.25) is 0 Å². The van der Waals surface area contributed by atoms with Gasteiger partial charge in [-0.25, -0.2) is 13.1 Å².